The number of hydrogen-bond donors (Lipinski definition) is 0. The van der Waals surface area contributed by atoms with Gasteiger partial charge in [0.25, 0.3) is 0 Å². The lowest BCUT2D eigenvalue weighted by atomic mass is 10.2. The van der Waals surface area contributed by atoms with E-state index < -0.39 is 0 Å². The zero-order valence-corrected chi connectivity index (χ0v) is 11.2. The van der Waals surface area contributed by atoms with Gasteiger partial charge in [-0.25, -0.2) is 4.39 Å². The molecule has 3 nitrogen and oxygen atoms in total. The van der Waals surface area contributed by atoms with Crippen LogP contribution in [0.1, 0.15) is 12.8 Å². The Balaban J connectivity index is 1.50. The van der Waals surface area contributed by atoms with Gasteiger partial charge in [0, 0.05) is 45.0 Å². The molecule has 1 unspecified atom stereocenters. The molecule has 0 bridgehead atoms. The molecule has 2 aliphatic rings. The van der Waals surface area contributed by atoms with Gasteiger partial charge in [-0.2, -0.15) is 0 Å². The van der Waals surface area contributed by atoms with Crippen LogP contribution in [0.15, 0.2) is 24.3 Å². The molecule has 0 N–H and O–H groups in total. The molecule has 2 saturated heterocycles. The average Bonchev–Trinajstić information content (AvgIpc) is 2.94. The summed E-state index contributed by atoms with van der Waals surface area (Å²) < 4.78 is 18.6. The quantitative estimate of drug-likeness (QED) is 0.832. The van der Waals surface area contributed by atoms with Crippen molar-refractivity contribution < 1.29 is 9.13 Å². The van der Waals surface area contributed by atoms with E-state index in [1.54, 1.807) is 0 Å². The van der Waals surface area contributed by atoms with Gasteiger partial charge in [0.15, 0.2) is 0 Å². The maximum Gasteiger partial charge on any atom is 0.123 e. The molecule has 4 heteroatoms. The highest BCUT2D eigenvalue weighted by atomic mass is 19.1. The van der Waals surface area contributed by atoms with Crippen molar-refractivity contribution in [2.75, 3.05) is 44.2 Å². The maximum absolute atomic E-state index is 12.9. The molecule has 0 spiro atoms. The fraction of sp³-hybridized carbons (Fsp3) is 0.600. The van der Waals surface area contributed by atoms with Gasteiger partial charge < -0.3 is 9.64 Å². The second-order valence-electron chi connectivity index (χ2n) is 5.40. The second-order valence-corrected chi connectivity index (χ2v) is 5.40. The predicted octanol–water partition coefficient (Wildman–Crippen LogP) is 2.13. The number of nitrogens with zero attached hydrogens (tertiary/aromatic N) is 2. The first-order valence-electron chi connectivity index (χ1n) is 7.16. The lowest BCUT2D eigenvalue weighted by molar-refractivity contribution is 0.0713. The van der Waals surface area contributed by atoms with Crippen molar-refractivity contribution in [2.45, 2.75) is 18.9 Å². The van der Waals surface area contributed by atoms with E-state index in [0.717, 1.165) is 45.0 Å². The Labute approximate surface area is 114 Å². The number of anilines is 1. The number of ether oxygens (including phenoxy) is 1. The van der Waals surface area contributed by atoms with Crippen molar-refractivity contribution in [1.29, 1.82) is 0 Å². The van der Waals surface area contributed by atoms with Gasteiger partial charge in [0.2, 0.25) is 0 Å². The van der Waals surface area contributed by atoms with Crippen molar-refractivity contribution in [3.8, 4) is 0 Å². The van der Waals surface area contributed by atoms with Crippen LogP contribution < -0.4 is 4.90 Å². The first-order chi connectivity index (χ1) is 9.31. The minimum absolute atomic E-state index is 0.166. The standard InChI is InChI=1S/C15H21FN2O/c16-13-3-5-14(6-4-13)18-9-7-17(8-10-18)12-15-2-1-11-19-15/h3-6,15H,1-2,7-12H2. The van der Waals surface area contributed by atoms with E-state index in [9.17, 15) is 4.39 Å². The molecule has 1 atom stereocenters. The first-order valence-corrected chi connectivity index (χ1v) is 7.16. The summed E-state index contributed by atoms with van der Waals surface area (Å²) in [5.74, 6) is -0.166. The summed E-state index contributed by atoms with van der Waals surface area (Å²) in [6, 6.07) is 6.80. The Morgan fingerprint density at radius 3 is 2.47 bits per heavy atom. The summed E-state index contributed by atoms with van der Waals surface area (Å²) in [4.78, 5) is 4.81. The van der Waals surface area contributed by atoms with E-state index in [2.05, 4.69) is 9.80 Å². The van der Waals surface area contributed by atoms with E-state index in [0.29, 0.717) is 6.10 Å². The average molecular weight is 264 g/mol. The minimum atomic E-state index is -0.166. The smallest absolute Gasteiger partial charge is 0.123 e. The summed E-state index contributed by atoms with van der Waals surface area (Å²) in [6.45, 7) is 6.16. The molecule has 3 rings (SSSR count). The molecular formula is C15H21FN2O. The molecule has 0 radical (unpaired) electrons. The van der Waals surface area contributed by atoms with Crippen molar-refractivity contribution >= 4 is 5.69 Å². The fourth-order valence-corrected chi connectivity index (χ4v) is 2.92. The van der Waals surface area contributed by atoms with Gasteiger partial charge in [0.1, 0.15) is 5.82 Å². The molecule has 2 heterocycles. The number of halogens is 1. The molecule has 2 fully saturated rings. The molecule has 104 valence electrons. The van der Waals surface area contributed by atoms with E-state index >= 15 is 0 Å². The Kier molecular flexibility index (Phi) is 3.99. The Hall–Kier alpha value is -1.13. The van der Waals surface area contributed by atoms with Crippen molar-refractivity contribution in [1.82, 2.24) is 4.90 Å². The van der Waals surface area contributed by atoms with Crippen LogP contribution >= 0.6 is 0 Å². The number of piperazine rings is 1. The monoisotopic (exact) mass is 264 g/mol. The van der Waals surface area contributed by atoms with Crippen molar-refractivity contribution in [3.63, 3.8) is 0 Å². The Bertz CT molecular complexity index is 395. The number of hydrogen-bond acceptors (Lipinski definition) is 3. The topological polar surface area (TPSA) is 15.7 Å². The summed E-state index contributed by atoms with van der Waals surface area (Å²) in [7, 11) is 0. The van der Waals surface area contributed by atoms with Crippen LogP contribution in [-0.4, -0.2) is 50.3 Å². The Morgan fingerprint density at radius 2 is 1.84 bits per heavy atom. The molecule has 2 aliphatic heterocycles. The number of rotatable bonds is 3. The fourth-order valence-electron chi connectivity index (χ4n) is 2.92. The van der Waals surface area contributed by atoms with Crippen molar-refractivity contribution in [2.24, 2.45) is 0 Å². The lowest BCUT2D eigenvalue weighted by Gasteiger charge is -2.37. The van der Waals surface area contributed by atoms with Gasteiger partial charge >= 0.3 is 0 Å². The van der Waals surface area contributed by atoms with Crippen LogP contribution in [0.25, 0.3) is 0 Å². The first kappa shape index (κ1) is 12.9. The zero-order chi connectivity index (χ0) is 13.1. The second kappa shape index (κ2) is 5.88. The lowest BCUT2D eigenvalue weighted by Crippen LogP contribution is -2.48. The van der Waals surface area contributed by atoms with E-state index in [1.165, 1.54) is 25.0 Å². The summed E-state index contributed by atoms with van der Waals surface area (Å²) >= 11 is 0. The molecule has 0 aliphatic carbocycles. The SMILES string of the molecule is Fc1ccc(N2CCN(CC3CCCO3)CC2)cc1. The van der Waals surface area contributed by atoms with Crippen LogP contribution in [0, 0.1) is 5.82 Å². The molecule has 19 heavy (non-hydrogen) atoms. The maximum atomic E-state index is 12.9. The summed E-state index contributed by atoms with van der Waals surface area (Å²) in [5.41, 5.74) is 1.12. The third-order valence-electron chi connectivity index (χ3n) is 4.05. The van der Waals surface area contributed by atoms with Gasteiger partial charge in [-0.05, 0) is 37.1 Å². The van der Waals surface area contributed by atoms with E-state index in [4.69, 9.17) is 4.74 Å². The number of benzene rings is 1. The Morgan fingerprint density at radius 1 is 1.11 bits per heavy atom. The largest absolute Gasteiger partial charge is 0.377 e. The highest BCUT2D eigenvalue weighted by Gasteiger charge is 2.22. The molecule has 0 amide bonds. The van der Waals surface area contributed by atoms with Crippen LogP contribution in [-0.2, 0) is 4.74 Å². The van der Waals surface area contributed by atoms with E-state index in [1.807, 2.05) is 12.1 Å². The highest BCUT2D eigenvalue weighted by molar-refractivity contribution is 5.46. The normalized spacial score (nSPS) is 24.9. The van der Waals surface area contributed by atoms with Gasteiger partial charge in [-0.15, -0.1) is 0 Å². The predicted molar refractivity (Wildman–Crippen MR) is 74.0 cm³/mol. The third-order valence-corrected chi connectivity index (χ3v) is 4.05. The molecular weight excluding hydrogens is 243 g/mol. The van der Waals surface area contributed by atoms with Crippen LogP contribution in [0.5, 0.6) is 0 Å². The van der Waals surface area contributed by atoms with Gasteiger partial charge in [-0.3, -0.25) is 4.90 Å². The molecule has 0 aromatic heterocycles. The summed E-state index contributed by atoms with van der Waals surface area (Å²) in [6.07, 6.45) is 2.86. The van der Waals surface area contributed by atoms with Gasteiger partial charge in [0.05, 0.1) is 6.10 Å². The minimum Gasteiger partial charge on any atom is -0.377 e. The molecule has 0 saturated carbocycles. The third kappa shape index (κ3) is 3.25. The molecule has 1 aromatic rings. The van der Waals surface area contributed by atoms with E-state index in [-0.39, 0.29) is 5.82 Å². The van der Waals surface area contributed by atoms with Crippen LogP contribution in [0.2, 0.25) is 0 Å². The van der Waals surface area contributed by atoms with Gasteiger partial charge in [-0.1, -0.05) is 0 Å². The van der Waals surface area contributed by atoms with Crippen LogP contribution in [0.4, 0.5) is 10.1 Å². The summed E-state index contributed by atoms with van der Waals surface area (Å²) in [5, 5.41) is 0. The molecule has 1 aromatic carbocycles. The van der Waals surface area contributed by atoms with Crippen molar-refractivity contribution in [3.05, 3.63) is 30.1 Å². The highest BCUT2D eigenvalue weighted by Crippen LogP contribution is 2.18. The van der Waals surface area contributed by atoms with Crippen LogP contribution in [0.3, 0.4) is 0 Å². The zero-order valence-electron chi connectivity index (χ0n) is 11.2.